The number of benzene rings is 1. The van der Waals surface area contributed by atoms with Crippen molar-refractivity contribution in [3.05, 3.63) is 17.7 Å². The van der Waals surface area contributed by atoms with Crippen molar-refractivity contribution >= 4 is 0 Å². The Morgan fingerprint density at radius 3 is 2.30 bits per heavy atom. The highest BCUT2D eigenvalue weighted by atomic mass is 16.5. The summed E-state index contributed by atoms with van der Waals surface area (Å²) in [4.78, 5) is 0. The van der Waals surface area contributed by atoms with Crippen LogP contribution in [0.3, 0.4) is 0 Å². The molecule has 0 saturated heterocycles. The molecular weight excluding hydrogens is 258 g/mol. The van der Waals surface area contributed by atoms with E-state index < -0.39 is 0 Å². The van der Waals surface area contributed by atoms with Crippen LogP contribution in [0.1, 0.15) is 24.8 Å². The summed E-state index contributed by atoms with van der Waals surface area (Å²) in [5, 5.41) is 12.1. The van der Waals surface area contributed by atoms with E-state index in [1.54, 1.807) is 21.3 Å². The van der Waals surface area contributed by atoms with Gasteiger partial charge < -0.3 is 24.6 Å². The Hall–Kier alpha value is -1.46. The number of hydrogen-bond acceptors (Lipinski definition) is 5. The lowest BCUT2D eigenvalue weighted by molar-refractivity contribution is 0.283. The van der Waals surface area contributed by atoms with Crippen molar-refractivity contribution in [2.75, 3.05) is 34.5 Å². The van der Waals surface area contributed by atoms with Crippen molar-refractivity contribution < 1.29 is 19.3 Å². The Balaban J connectivity index is 2.61. The first-order valence-electron chi connectivity index (χ1n) is 6.87. The minimum atomic E-state index is 0.267. The van der Waals surface area contributed by atoms with E-state index in [2.05, 4.69) is 5.32 Å². The first kappa shape index (κ1) is 16.6. The lowest BCUT2D eigenvalue weighted by atomic mass is 10.1. The van der Waals surface area contributed by atoms with Gasteiger partial charge in [-0.3, -0.25) is 0 Å². The Morgan fingerprint density at radius 2 is 1.70 bits per heavy atom. The van der Waals surface area contributed by atoms with Crippen LogP contribution in [-0.2, 0) is 6.54 Å². The molecule has 0 radical (unpaired) electrons. The van der Waals surface area contributed by atoms with Gasteiger partial charge in [-0.2, -0.15) is 0 Å². The second-order valence-electron chi connectivity index (χ2n) is 4.45. The molecule has 0 aliphatic carbocycles. The minimum Gasteiger partial charge on any atom is -0.493 e. The predicted molar refractivity (Wildman–Crippen MR) is 78.7 cm³/mol. The maximum Gasteiger partial charge on any atom is 0.203 e. The number of methoxy groups -OCH3 is 3. The zero-order chi connectivity index (χ0) is 14.8. The number of aliphatic hydroxyl groups is 1. The van der Waals surface area contributed by atoms with Gasteiger partial charge in [0.25, 0.3) is 0 Å². The van der Waals surface area contributed by atoms with Crippen LogP contribution < -0.4 is 19.5 Å². The van der Waals surface area contributed by atoms with Crippen LogP contribution >= 0.6 is 0 Å². The number of aliphatic hydroxyl groups excluding tert-OH is 1. The third-order valence-corrected chi connectivity index (χ3v) is 3.11. The van der Waals surface area contributed by atoms with Crippen LogP contribution in [0, 0.1) is 0 Å². The number of hydrogen-bond donors (Lipinski definition) is 2. The highest BCUT2D eigenvalue weighted by Gasteiger charge is 2.15. The van der Waals surface area contributed by atoms with E-state index in [4.69, 9.17) is 19.3 Å². The maximum absolute atomic E-state index is 8.71. The van der Waals surface area contributed by atoms with E-state index in [9.17, 15) is 0 Å². The second-order valence-corrected chi connectivity index (χ2v) is 4.45. The van der Waals surface area contributed by atoms with Gasteiger partial charge in [-0.15, -0.1) is 0 Å². The van der Waals surface area contributed by atoms with E-state index >= 15 is 0 Å². The Labute approximate surface area is 120 Å². The SMILES string of the molecule is COc1ccc(CNCCCCCO)c(OC)c1OC. The molecule has 0 atom stereocenters. The first-order chi connectivity index (χ1) is 9.78. The van der Waals surface area contributed by atoms with E-state index in [0.29, 0.717) is 23.8 Å². The zero-order valence-corrected chi connectivity index (χ0v) is 12.6. The van der Waals surface area contributed by atoms with Crippen LogP contribution in [0.4, 0.5) is 0 Å². The maximum atomic E-state index is 8.71. The summed E-state index contributed by atoms with van der Waals surface area (Å²) in [6.45, 7) is 1.89. The standard InChI is InChI=1S/C15H25NO4/c1-18-13-8-7-12(14(19-2)15(13)20-3)11-16-9-5-4-6-10-17/h7-8,16-17H,4-6,9-11H2,1-3H3. The van der Waals surface area contributed by atoms with Crippen molar-refractivity contribution in [2.24, 2.45) is 0 Å². The molecule has 0 bridgehead atoms. The van der Waals surface area contributed by atoms with Gasteiger partial charge in [-0.05, 0) is 31.9 Å². The smallest absolute Gasteiger partial charge is 0.203 e. The van der Waals surface area contributed by atoms with E-state index in [0.717, 1.165) is 31.4 Å². The number of rotatable bonds is 10. The molecule has 20 heavy (non-hydrogen) atoms. The summed E-state index contributed by atoms with van der Waals surface area (Å²) >= 11 is 0. The van der Waals surface area contributed by atoms with Crippen molar-refractivity contribution in [3.63, 3.8) is 0 Å². The lowest BCUT2D eigenvalue weighted by Gasteiger charge is -2.16. The molecule has 0 unspecified atom stereocenters. The van der Waals surface area contributed by atoms with Gasteiger partial charge in [-0.25, -0.2) is 0 Å². The molecule has 1 aromatic rings. The average Bonchev–Trinajstić information content (AvgIpc) is 2.49. The summed E-state index contributed by atoms with van der Waals surface area (Å²) in [7, 11) is 4.84. The molecule has 0 heterocycles. The highest BCUT2D eigenvalue weighted by Crippen LogP contribution is 2.39. The first-order valence-corrected chi connectivity index (χ1v) is 6.87. The summed E-state index contributed by atoms with van der Waals surface area (Å²) in [5.41, 5.74) is 1.03. The topological polar surface area (TPSA) is 60.0 Å². The normalized spacial score (nSPS) is 10.4. The predicted octanol–water partition coefficient (Wildman–Crippen LogP) is 1.96. The molecular formula is C15H25NO4. The van der Waals surface area contributed by atoms with Crippen LogP contribution in [0.15, 0.2) is 12.1 Å². The molecule has 2 N–H and O–H groups in total. The third-order valence-electron chi connectivity index (χ3n) is 3.11. The Morgan fingerprint density at radius 1 is 0.950 bits per heavy atom. The van der Waals surface area contributed by atoms with Crippen molar-refractivity contribution in [2.45, 2.75) is 25.8 Å². The molecule has 5 heteroatoms. The fourth-order valence-corrected chi connectivity index (χ4v) is 2.06. The molecule has 0 aliphatic rings. The fourth-order valence-electron chi connectivity index (χ4n) is 2.06. The monoisotopic (exact) mass is 283 g/mol. The van der Waals surface area contributed by atoms with Gasteiger partial charge >= 0.3 is 0 Å². The molecule has 0 aromatic heterocycles. The molecule has 1 aromatic carbocycles. The molecule has 0 aliphatic heterocycles. The molecule has 1 rings (SSSR count). The van der Waals surface area contributed by atoms with Gasteiger partial charge in [0.15, 0.2) is 11.5 Å². The molecule has 5 nitrogen and oxygen atoms in total. The van der Waals surface area contributed by atoms with Crippen LogP contribution in [0.5, 0.6) is 17.2 Å². The molecule has 0 fully saturated rings. The van der Waals surface area contributed by atoms with Crippen molar-refractivity contribution in [3.8, 4) is 17.2 Å². The number of nitrogens with one attached hydrogen (secondary N) is 1. The Bertz CT molecular complexity index is 396. The summed E-state index contributed by atoms with van der Waals surface area (Å²) in [5.74, 6) is 1.99. The molecule has 0 amide bonds. The fraction of sp³-hybridized carbons (Fsp3) is 0.600. The van der Waals surface area contributed by atoms with Crippen LogP contribution in [0.2, 0.25) is 0 Å². The van der Waals surface area contributed by atoms with Crippen LogP contribution in [-0.4, -0.2) is 39.6 Å². The summed E-state index contributed by atoms with van der Waals surface area (Å²) in [6, 6.07) is 3.85. The van der Waals surface area contributed by atoms with E-state index in [1.165, 1.54) is 0 Å². The van der Waals surface area contributed by atoms with E-state index in [-0.39, 0.29) is 6.61 Å². The third kappa shape index (κ3) is 4.58. The molecule has 0 saturated carbocycles. The van der Waals surface area contributed by atoms with Gasteiger partial charge in [0, 0.05) is 18.7 Å². The molecule has 114 valence electrons. The van der Waals surface area contributed by atoms with Crippen molar-refractivity contribution in [1.82, 2.24) is 5.32 Å². The van der Waals surface area contributed by atoms with Gasteiger partial charge in [0.05, 0.1) is 21.3 Å². The van der Waals surface area contributed by atoms with Gasteiger partial charge in [-0.1, -0.05) is 6.07 Å². The second kappa shape index (κ2) is 9.44. The zero-order valence-electron chi connectivity index (χ0n) is 12.6. The highest BCUT2D eigenvalue weighted by molar-refractivity contribution is 5.55. The largest absolute Gasteiger partial charge is 0.493 e. The van der Waals surface area contributed by atoms with E-state index in [1.807, 2.05) is 12.1 Å². The van der Waals surface area contributed by atoms with Crippen LogP contribution in [0.25, 0.3) is 0 Å². The van der Waals surface area contributed by atoms with Gasteiger partial charge in [0.1, 0.15) is 0 Å². The molecule has 0 spiro atoms. The Kier molecular flexibility index (Phi) is 7.84. The van der Waals surface area contributed by atoms with Crippen molar-refractivity contribution in [1.29, 1.82) is 0 Å². The lowest BCUT2D eigenvalue weighted by Crippen LogP contribution is -2.15. The average molecular weight is 283 g/mol. The van der Waals surface area contributed by atoms with Gasteiger partial charge in [0.2, 0.25) is 5.75 Å². The number of unbranched alkanes of at least 4 members (excludes halogenated alkanes) is 2. The number of ether oxygens (including phenoxy) is 3. The summed E-state index contributed by atoms with van der Waals surface area (Å²) < 4.78 is 16.0. The summed E-state index contributed by atoms with van der Waals surface area (Å²) in [6.07, 6.45) is 2.95. The quantitative estimate of drug-likeness (QED) is 0.643. The minimum absolute atomic E-state index is 0.267.